The summed E-state index contributed by atoms with van der Waals surface area (Å²) in [4.78, 5) is 4.33. The van der Waals surface area contributed by atoms with Crippen molar-refractivity contribution in [1.82, 2.24) is 4.98 Å². The van der Waals surface area contributed by atoms with Gasteiger partial charge in [-0.15, -0.1) is 0 Å². The number of rotatable bonds is 8. The van der Waals surface area contributed by atoms with Crippen LogP contribution in [0, 0.1) is 0 Å². The molecule has 0 amide bonds. The van der Waals surface area contributed by atoms with Crippen molar-refractivity contribution >= 4 is 0 Å². The summed E-state index contributed by atoms with van der Waals surface area (Å²) in [5, 5.41) is 0. The summed E-state index contributed by atoms with van der Waals surface area (Å²) in [6.07, 6.45) is 7.51. The van der Waals surface area contributed by atoms with Crippen molar-refractivity contribution < 1.29 is 4.74 Å². The van der Waals surface area contributed by atoms with Gasteiger partial charge in [-0.05, 0) is 25.5 Å². The normalized spacial score (nSPS) is 12.4. The van der Waals surface area contributed by atoms with Crippen LogP contribution in [0.1, 0.15) is 45.2 Å². The lowest BCUT2D eigenvalue weighted by Crippen LogP contribution is -2.18. The van der Waals surface area contributed by atoms with Gasteiger partial charge in [0, 0.05) is 18.2 Å². The van der Waals surface area contributed by atoms with Gasteiger partial charge in [0.1, 0.15) is 5.75 Å². The topological polar surface area (TPSA) is 48.1 Å². The Bertz CT molecular complexity index is 296. The van der Waals surface area contributed by atoms with Gasteiger partial charge in [0.2, 0.25) is 0 Å². The van der Waals surface area contributed by atoms with Gasteiger partial charge in [0.05, 0.1) is 12.8 Å². The lowest BCUT2D eigenvalue weighted by atomic mass is 10.2. The van der Waals surface area contributed by atoms with E-state index in [4.69, 9.17) is 10.5 Å². The van der Waals surface area contributed by atoms with E-state index < -0.39 is 0 Å². The van der Waals surface area contributed by atoms with E-state index in [1.165, 1.54) is 19.3 Å². The zero-order valence-corrected chi connectivity index (χ0v) is 11.0. The zero-order valence-electron chi connectivity index (χ0n) is 11.0. The number of ether oxygens (including phenoxy) is 1. The molecule has 96 valence electrons. The molecule has 1 atom stereocenters. The SMILES string of the molecule is CCCCCCOc1ccc(CC(C)N)nc1. The molecule has 1 aromatic heterocycles. The first-order valence-electron chi connectivity index (χ1n) is 6.55. The van der Waals surface area contributed by atoms with E-state index in [0.717, 1.165) is 30.9 Å². The van der Waals surface area contributed by atoms with Crippen molar-refractivity contribution in [2.24, 2.45) is 5.73 Å². The summed E-state index contributed by atoms with van der Waals surface area (Å²) in [5.74, 6) is 0.856. The number of aromatic nitrogens is 1. The molecule has 0 saturated heterocycles. The van der Waals surface area contributed by atoms with E-state index in [0.29, 0.717) is 0 Å². The van der Waals surface area contributed by atoms with Crippen LogP contribution in [-0.2, 0) is 6.42 Å². The zero-order chi connectivity index (χ0) is 12.5. The third-order valence-corrected chi connectivity index (χ3v) is 2.60. The molecule has 1 heterocycles. The molecule has 0 saturated carbocycles. The van der Waals surface area contributed by atoms with Crippen LogP contribution in [0.2, 0.25) is 0 Å². The van der Waals surface area contributed by atoms with Gasteiger partial charge in [0.15, 0.2) is 0 Å². The third kappa shape index (κ3) is 6.27. The van der Waals surface area contributed by atoms with Crippen LogP contribution < -0.4 is 10.5 Å². The highest BCUT2D eigenvalue weighted by molar-refractivity contribution is 5.20. The second-order valence-corrected chi connectivity index (χ2v) is 4.58. The Kier molecular flexibility index (Phi) is 6.63. The van der Waals surface area contributed by atoms with Crippen molar-refractivity contribution in [2.45, 2.75) is 52.0 Å². The monoisotopic (exact) mass is 236 g/mol. The van der Waals surface area contributed by atoms with E-state index in [2.05, 4.69) is 11.9 Å². The predicted molar refractivity (Wildman–Crippen MR) is 71.2 cm³/mol. The van der Waals surface area contributed by atoms with Crippen molar-refractivity contribution in [2.75, 3.05) is 6.61 Å². The minimum Gasteiger partial charge on any atom is -0.492 e. The highest BCUT2D eigenvalue weighted by atomic mass is 16.5. The highest BCUT2D eigenvalue weighted by Gasteiger charge is 2.00. The predicted octanol–water partition coefficient (Wildman–Crippen LogP) is 2.93. The Morgan fingerprint density at radius 2 is 2.12 bits per heavy atom. The molecule has 0 spiro atoms. The molecule has 0 aliphatic heterocycles. The molecule has 0 aromatic carbocycles. The van der Waals surface area contributed by atoms with Crippen LogP contribution in [-0.4, -0.2) is 17.6 Å². The van der Waals surface area contributed by atoms with Crippen LogP contribution >= 0.6 is 0 Å². The first-order chi connectivity index (χ1) is 8.22. The maximum atomic E-state index is 5.72. The summed E-state index contributed by atoms with van der Waals surface area (Å²) in [5.41, 5.74) is 6.74. The van der Waals surface area contributed by atoms with Gasteiger partial charge in [-0.1, -0.05) is 26.2 Å². The molecule has 3 nitrogen and oxygen atoms in total. The molecular formula is C14H24N2O. The molecule has 1 rings (SSSR count). The van der Waals surface area contributed by atoms with E-state index >= 15 is 0 Å². The van der Waals surface area contributed by atoms with E-state index in [9.17, 15) is 0 Å². The van der Waals surface area contributed by atoms with E-state index in [-0.39, 0.29) is 6.04 Å². The maximum Gasteiger partial charge on any atom is 0.137 e. The van der Waals surface area contributed by atoms with Gasteiger partial charge in [-0.25, -0.2) is 0 Å². The number of pyridine rings is 1. The molecule has 0 aliphatic rings. The molecule has 0 fully saturated rings. The molecule has 1 unspecified atom stereocenters. The van der Waals surface area contributed by atoms with Gasteiger partial charge >= 0.3 is 0 Å². The minimum atomic E-state index is 0.156. The van der Waals surface area contributed by atoms with E-state index in [1.54, 1.807) is 6.20 Å². The lowest BCUT2D eigenvalue weighted by Gasteiger charge is -2.07. The van der Waals surface area contributed by atoms with Crippen molar-refractivity contribution in [3.8, 4) is 5.75 Å². The Labute approximate surface area is 104 Å². The molecule has 0 radical (unpaired) electrons. The maximum absolute atomic E-state index is 5.72. The van der Waals surface area contributed by atoms with E-state index in [1.807, 2.05) is 19.1 Å². The number of nitrogens with two attached hydrogens (primary N) is 1. The average molecular weight is 236 g/mol. The standard InChI is InChI=1S/C14H24N2O/c1-3-4-5-6-9-17-14-8-7-13(16-11-14)10-12(2)15/h7-8,11-12H,3-6,9-10,15H2,1-2H3. The fourth-order valence-electron chi connectivity index (χ4n) is 1.67. The second-order valence-electron chi connectivity index (χ2n) is 4.58. The van der Waals surface area contributed by atoms with Gasteiger partial charge in [-0.3, -0.25) is 4.98 Å². The Morgan fingerprint density at radius 1 is 1.29 bits per heavy atom. The van der Waals surface area contributed by atoms with Crippen molar-refractivity contribution in [3.05, 3.63) is 24.0 Å². The first kappa shape index (κ1) is 14.0. The summed E-state index contributed by atoms with van der Waals surface area (Å²) in [6.45, 7) is 4.98. The highest BCUT2D eigenvalue weighted by Crippen LogP contribution is 2.11. The van der Waals surface area contributed by atoms with Crippen molar-refractivity contribution in [1.29, 1.82) is 0 Å². The Morgan fingerprint density at radius 3 is 2.71 bits per heavy atom. The summed E-state index contributed by atoms with van der Waals surface area (Å²) in [7, 11) is 0. The van der Waals surface area contributed by atoms with Gasteiger partial charge in [0.25, 0.3) is 0 Å². The Balaban J connectivity index is 2.25. The summed E-state index contributed by atoms with van der Waals surface area (Å²) in [6, 6.07) is 4.12. The summed E-state index contributed by atoms with van der Waals surface area (Å²) < 4.78 is 5.62. The molecule has 1 aromatic rings. The number of unbranched alkanes of at least 4 members (excludes halogenated alkanes) is 3. The van der Waals surface area contributed by atoms with Gasteiger partial charge < -0.3 is 10.5 Å². The average Bonchev–Trinajstić information content (AvgIpc) is 2.30. The van der Waals surface area contributed by atoms with Crippen LogP contribution in [0.25, 0.3) is 0 Å². The van der Waals surface area contributed by atoms with Crippen LogP contribution in [0.15, 0.2) is 18.3 Å². The number of hydrogen-bond donors (Lipinski definition) is 1. The fourth-order valence-corrected chi connectivity index (χ4v) is 1.67. The van der Waals surface area contributed by atoms with Crippen LogP contribution in [0.4, 0.5) is 0 Å². The molecule has 17 heavy (non-hydrogen) atoms. The largest absolute Gasteiger partial charge is 0.492 e. The number of hydrogen-bond acceptors (Lipinski definition) is 3. The molecule has 0 aliphatic carbocycles. The van der Waals surface area contributed by atoms with Crippen molar-refractivity contribution in [3.63, 3.8) is 0 Å². The fraction of sp³-hybridized carbons (Fsp3) is 0.643. The quantitative estimate of drug-likeness (QED) is 0.706. The minimum absolute atomic E-state index is 0.156. The molecule has 0 bridgehead atoms. The van der Waals surface area contributed by atoms with Crippen LogP contribution in [0.3, 0.4) is 0 Å². The molecule has 3 heteroatoms. The van der Waals surface area contributed by atoms with Crippen LogP contribution in [0.5, 0.6) is 5.75 Å². The second kappa shape index (κ2) is 8.07. The molecule has 2 N–H and O–H groups in total. The first-order valence-corrected chi connectivity index (χ1v) is 6.55. The lowest BCUT2D eigenvalue weighted by molar-refractivity contribution is 0.303. The molecular weight excluding hydrogens is 212 g/mol. The summed E-state index contributed by atoms with van der Waals surface area (Å²) >= 11 is 0. The number of nitrogens with zero attached hydrogens (tertiary/aromatic N) is 1. The smallest absolute Gasteiger partial charge is 0.137 e. The van der Waals surface area contributed by atoms with Gasteiger partial charge in [-0.2, -0.15) is 0 Å². The Hall–Kier alpha value is -1.09. The third-order valence-electron chi connectivity index (χ3n) is 2.60.